The molecule has 0 radical (unpaired) electrons. The molecular weight excluding hydrogens is 450 g/mol. The van der Waals surface area contributed by atoms with E-state index in [2.05, 4.69) is 9.55 Å². The summed E-state index contributed by atoms with van der Waals surface area (Å²) in [5.41, 5.74) is 11.2. The number of amides is 1. The van der Waals surface area contributed by atoms with Gasteiger partial charge in [0, 0.05) is 29.2 Å². The van der Waals surface area contributed by atoms with Gasteiger partial charge >= 0.3 is 0 Å². The number of nitrogens with zero attached hydrogens (tertiary/aromatic N) is 2. The van der Waals surface area contributed by atoms with Crippen LogP contribution in [0.5, 0.6) is 11.5 Å². The van der Waals surface area contributed by atoms with Crippen molar-refractivity contribution in [2.24, 2.45) is 5.73 Å². The second-order valence-corrected chi connectivity index (χ2v) is 9.18. The summed E-state index contributed by atoms with van der Waals surface area (Å²) in [7, 11) is 3.24. The lowest BCUT2D eigenvalue weighted by atomic mass is 10.1. The first kappa shape index (κ1) is 25.4. The number of ketones is 1. The third kappa shape index (κ3) is 5.44. The largest absolute Gasteiger partial charge is 0.493 e. The molecule has 8 heteroatoms. The molecule has 0 atom stereocenters. The van der Waals surface area contributed by atoms with Crippen molar-refractivity contribution in [2.45, 2.75) is 45.7 Å². The zero-order valence-corrected chi connectivity index (χ0v) is 21.3. The van der Waals surface area contributed by atoms with Crippen molar-refractivity contribution in [3.8, 4) is 11.5 Å². The first-order chi connectivity index (χ1) is 16.2. The minimum atomic E-state index is -0.534. The number of ether oxygens (including phenoxy) is 2. The lowest BCUT2D eigenvalue weighted by Crippen LogP contribution is -2.16. The fourth-order valence-electron chi connectivity index (χ4n) is 4.12. The summed E-state index contributed by atoms with van der Waals surface area (Å²) in [4.78, 5) is 29.4. The summed E-state index contributed by atoms with van der Waals surface area (Å²) in [6.07, 6.45) is 0.785. The number of hydrogen-bond acceptors (Lipinski definition) is 6. The van der Waals surface area contributed by atoms with Crippen molar-refractivity contribution in [3.63, 3.8) is 0 Å². The number of hydrogen-bond donors (Lipinski definition) is 1. The highest BCUT2D eigenvalue weighted by Gasteiger charge is 2.19. The van der Waals surface area contributed by atoms with E-state index >= 15 is 0 Å². The number of benzene rings is 1. The third-order valence-corrected chi connectivity index (χ3v) is 6.82. The van der Waals surface area contributed by atoms with Crippen molar-refractivity contribution in [1.82, 2.24) is 9.55 Å². The first-order valence-electron chi connectivity index (χ1n) is 11.0. The second kappa shape index (κ2) is 10.8. The topological polar surface area (TPSA) is 96.4 Å². The normalized spacial score (nSPS) is 10.9. The van der Waals surface area contributed by atoms with Crippen molar-refractivity contribution < 1.29 is 19.1 Å². The van der Waals surface area contributed by atoms with Crippen LogP contribution in [0.4, 0.5) is 0 Å². The number of aryl methyl sites for hydroxylation is 4. The number of primary amides is 1. The van der Waals surface area contributed by atoms with Gasteiger partial charge in [0.2, 0.25) is 0 Å². The fraction of sp³-hybridized carbons (Fsp3) is 0.346. The molecule has 0 saturated heterocycles. The van der Waals surface area contributed by atoms with Crippen molar-refractivity contribution in [1.29, 1.82) is 0 Å². The number of aromatic nitrogens is 2. The molecule has 0 fully saturated rings. The van der Waals surface area contributed by atoms with Gasteiger partial charge in [-0.2, -0.15) is 0 Å². The Morgan fingerprint density at radius 3 is 2.38 bits per heavy atom. The van der Waals surface area contributed by atoms with E-state index in [-0.39, 0.29) is 11.5 Å². The molecule has 0 spiro atoms. The van der Waals surface area contributed by atoms with Crippen molar-refractivity contribution in [2.75, 3.05) is 20.0 Å². The molecule has 2 heterocycles. The summed E-state index contributed by atoms with van der Waals surface area (Å²) in [5, 5.41) is 0.501. The number of Topliss-reactive ketones (excluding diaryl/α,β-unsaturated/α-hetero) is 1. The van der Waals surface area contributed by atoms with Crippen LogP contribution in [0.15, 0.2) is 35.4 Å². The number of rotatable bonds is 10. The molecule has 0 aliphatic heterocycles. The number of pyridine rings is 1. The molecule has 0 bridgehead atoms. The van der Waals surface area contributed by atoms with Gasteiger partial charge in [-0.3, -0.25) is 9.59 Å². The van der Waals surface area contributed by atoms with E-state index in [1.54, 1.807) is 14.2 Å². The third-order valence-electron chi connectivity index (χ3n) is 5.84. The van der Waals surface area contributed by atoms with Gasteiger partial charge in [-0.15, -0.1) is 0 Å². The lowest BCUT2D eigenvalue weighted by molar-refractivity contribution is 0.0992. The Morgan fingerprint density at radius 1 is 1.03 bits per heavy atom. The Kier molecular flexibility index (Phi) is 8.04. The van der Waals surface area contributed by atoms with Crippen LogP contribution < -0.4 is 15.2 Å². The standard InChI is InChI=1S/C26H31N3O4S/c1-15-11-16(2)28-26(24(15)25(27)31)34-14-21(30)20-12-17(3)29(18(20)4)10-9-19-7-8-22(32-5)23(13-19)33-6/h7-8,11-13H,9-10,14H2,1-6H3,(H2,27,31). The molecule has 7 nitrogen and oxygen atoms in total. The fourth-order valence-corrected chi connectivity index (χ4v) is 5.16. The van der Waals surface area contributed by atoms with Gasteiger partial charge in [0.15, 0.2) is 17.3 Å². The molecule has 2 N–H and O–H groups in total. The molecule has 34 heavy (non-hydrogen) atoms. The molecule has 0 aliphatic rings. The van der Waals surface area contributed by atoms with Gasteiger partial charge in [-0.25, -0.2) is 4.98 Å². The number of carbonyl (C=O) groups excluding carboxylic acids is 2. The molecule has 3 aromatic rings. The average Bonchev–Trinajstić information content (AvgIpc) is 3.08. The van der Waals surface area contributed by atoms with Crippen LogP contribution in [0.25, 0.3) is 0 Å². The molecule has 1 amide bonds. The summed E-state index contributed by atoms with van der Waals surface area (Å²) >= 11 is 1.25. The van der Waals surface area contributed by atoms with E-state index in [4.69, 9.17) is 15.2 Å². The number of methoxy groups -OCH3 is 2. The maximum atomic E-state index is 13.1. The number of carbonyl (C=O) groups is 2. The zero-order chi connectivity index (χ0) is 25.0. The van der Waals surface area contributed by atoms with Gasteiger partial charge in [0.25, 0.3) is 5.91 Å². The molecule has 3 rings (SSSR count). The highest BCUT2D eigenvalue weighted by atomic mass is 32.2. The SMILES string of the molecule is COc1ccc(CCn2c(C)cc(C(=O)CSc3nc(C)cc(C)c3C(N)=O)c2C)cc1OC. The van der Waals surface area contributed by atoms with E-state index in [9.17, 15) is 9.59 Å². The molecule has 180 valence electrons. The number of nitrogens with two attached hydrogens (primary N) is 1. The summed E-state index contributed by atoms with van der Waals surface area (Å²) in [6.45, 7) is 8.38. The summed E-state index contributed by atoms with van der Waals surface area (Å²) in [5.74, 6) is 1.03. The molecule has 0 saturated carbocycles. The highest BCUT2D eigenvalue weighted by Crippen LogP contribution is 2.29. The van der Waals surface area contributed by atoms with Gasteiger partial charge in [-0.05, 0) is 69.5 Å². The van der Waals surface area contributed by atoms with E-state index in [1.807, 2.05) is 58.0 Å². The van der Waals surface area contributed by atoms with Crippen LogP contribution >= 0.6 is 11.8 Å². The molecule has 0 unspecified atom stereocenters. The van der Waals surface area contributed by atoms with Crippen LogP contribution in [-0.4, -0.2) is 41.2 Å². The smallest absolute Gasteiger partial charge is 0.251 e. The van der Waals surface area contributed by atoms with Gasteiger partial charge in [-0.1, -0.05) is 17.8 Å². The predicted octanol–water partition coefficient (Wildman–Crippen LogP) is 4.45. The number of thioether (sulfide) groups is 1. The quantitative estimate of drug-likeness (QED) is 0.339. The Labute approximate surface area is 204 Å². The van der Waals surface area contributed by atoms with Gasteiger partial charge in [0.05, 0.1) is 25.5 Å². The van der Waals surface area contributed by atoms with E-state index in [0.717, 1.165) is 41.2 Å². The van der Waals surface area contributed by atoms with Gasteiger partial charge in [0.1, 0.15) is 5.03 Å². The molecular formula is C26H31N3O4S. The first-order valence-corrected chi connectivity index (χ1v) is 12.0. The summed E-state index contributed by atoms with van der Waals surface area (Å²) in [6, 6.07) is 9.64. The zero-order valence-electron chi connectivity index (χ0n) is 20.5. The van der Waals surface area contributed by atoms with E-state index in [1.165, 1.54) is 11.8 Å². The van der Waals surface area contributed by atoms with Crippen LogP contribution in [0, 0.1) is 27.7 Å². The highest BCUT2D eigenvalue weighted by molar-refractivity contribution is 8.00. The lowest BCUT2D eigenvalue weighted by Gasteiger charge is -2.12. The average molecular weight is 482 g/mol. The van der Waals surface area contributed by atoms with Crippen LogP contribution in [0.2, 0.25) is 0 Å². The Balaban J connectivity index is 1.74. The van der Waals surface area contributed by atoms with E-state index < -0.39 is 5.91 Å². The van der Waals surface area contributed by atoms with Crippen molar-refractivity contribution in [3.05, 3.63) is 69.7 Å². The minimum absolute atomic E-state index is 0.00755. The Morgan fingerprint density at radius 2 is 1.74 bits per heavy atom. The van der Waals surface area contributed by atoms with E-state index in [0.29, 0.717) is 27.7 Å². The van der Waals surface area contributed by atoms with Gasteiger partial charge < -0.3 is 19.8 Å². The molecule has 0 aliphatic carbocycles. The van der Waals surface area contributed by atoms with Crippen LogP contribution in [-0.2, 0) is 13.0 Å². The predicted molar refractivity (Wildman–Crippen MR) is 134 cm³/mol. The van der Waals surface area contributed by atoms with Crippen LogP contribution in [0.1, 0.15) is 48.9 Å². The maximum absolute atomic E-state index is 13.1. The maximum Gasteiger partial charge on any atom is 0.251 e. The minimum Gasteiger partial charge on any atom is -0.493 e. The Hall–Kier alpha value is -3.26. The Bertz CT molecular complexity index is 1230. The monoisotopic (exact) mass is 481 g/mol. The summed E-state index contributed by atoms with van der Waals surface area (Å²) < 4.78 is 12.9. The molecule has 1 aromatic carbocycles. The molecule has 2 aromatic heterocycles. The second-order valence-electron chi connectivity index (χ2n) is 8.21. The van der Waals surface area contributed by atoms with Crippen LogP contribution in [0.3, 0.4) is 0 Å². The van der Waals surface area contributed by atoms with Crippen molar-refractivity contribution >= 4 is 23.5 Å².